The van der Waals surface area contributed by atoms with Gasteiger partial charge in [0.25, 0.3) is 0 Å². The predicted molar refractivity (Wildman–Crippen MR) is 49.3 cm³/mol. The van der Waals surface area contributed by atoms with Crippen LogP contribution in [0.5, 0.6) is 0 Å². The molecule has 0 radical (unpaired) electrons. The fraction of sp³-hybridized carbons (Fsp3) is 0.900. The molecule has 1 fully saturated rings. The van der Waals surface area contributed by atoms with E-state index in [0.29, 0.717) is 6.42 Å². The second-order valence-electron chi connectivity index (χ2n) is 3.78. The zero-order valence-corrected chi connectivity index (χ0v) is 8.16. The van der Waals surface area contributed by atoms with Crippen LogP contribution in [0.4, 0.5) is 0 Å². The molecule has 0 unspecified atom stereocenters. The first-order valence-corrected chi connectivity index (χ1v) is 5.06. The Hall–Kier alpha value is -0.570. The Morgan fingerprint density at radius 2 is 2.08 bits per heavy atom. The molecule has 2 atom stereocenters. The second-order valence-corrected chi connectivity index (χ2v) is 3.78. The number of carbonyl (C=O) groups is 1. The molecule has 3 nitrogen and oxygen atoms in total. The van der Waals surface area contributed by atoms with Gasteiger partial charge in [-0.3, -0.25) is 4.79 Å². The lowest BCUT2D eigenvalue weighted by Gasteiger charge is -2.17. The van der Waals surface area contributed by atoms with E-state index >= 15 is 0 Å². The van der Waals surface area contributed by atoms with Crippen LogP contribution in [0.1, 0.15) is 45.4 Å². The average Bonchev–Trinajstić information content (AvgIpc) is 2.08. The first kappa shape index (κ1) is 10.5. The minimum Gasteiger partial charge on any atom is -0.463 e. The molecule has 1 N–H and O–H groups in total. The van der Waals surface area contributed by atoms with Crippen LogP contribution in [-0.4, -0.2) is 23.3 Å². The summed E-state index contributed by atoms with van der Waals surface area (Å²) in [5.74, 6) is -0.0936. The van der Waals surface area contributed by atoms with Crippen LogP contribution in [0.15, 0.2) is 0 Å². The van der Waals surface area contributed by atoms with Gasteiger partial charge in [-0.05, 0) is 32.6 Å². The molecule has 0 amide bonds. The number of hydrogen-bond acceptors (Lipinski definition) is 3. The van der Waals surface area contributed by atoms with E-state index in [9.17, 15) is 9.90 Å². The Balaban J connectivity index is 2.37. The van der Waals surface area contributed by atoms with E-state index in [0.717, 1.165) is 32.1 Å². The molecule has 1 rings (SSSR count). The Bertz CT molecular complexity index is 168. The SMILES string of the molecule is C[C@@H]1CC[C@@H](O)CCCCC(=O)O1. The molecule has 13 heavy (non-hydrogen) atoms. The monoisotopic (exact) mass is 186 g/mol. The van der Waals surface area contributed by atoms with Gasteiger partial charge in [-0.25, -0.2) is 0 Å². The second kappa shape index (κ2) is 5.22. The molecule has 0 bridgehead atoms. The number of aliphatic hydroxyl groups is 1. The minimum absolute atomic E-state index is 0.0414. The number of ether oxygens (including phenoxy) is 1. The van der Waals surface area contributed by atoms with Crippen molar-refractivity contribution in [3.05, 3.63) is 0 Å². The number of esters is 1. The zero-order valence-electron chi connectivity index (χ0n) is 8.16. The summed E-state index contributed by atoms with van der Waals surface area (Å²) in [5.41, 5.74) is 0. The molecule has 0 aromatic rings. The third-order valence-electron chi connectivity index (χ3n) is 2.41. The number of hydrogen-bond donors (Lipinski definition) is 1. The van der Waals surface area contributed by atoms with Crippen molar-refractivity contribution in [3.63, 3.8) is 0 Å². The summed E-state index contributed by atoms with van der Waals surface area (Å²) >= 11 is 0. The number of aliphatic hydroxyl groups excluding tert-OH is 1. The van der Waals surface area contributed by atoms with Crippen molar-refractivity contribution in [2.45, 2.75) is 57.7 Å². The quantitative estimate of drug-likeness (QED) is 0.585. The van der Waals surface area contributed by atoms with Crippen LogP contribution in [-0.2, 0) is 9.53 Å². The fourth-order valence-corrected chi connectivity index (χ4v) is 1.56. The third kappa shape index (κ3) is 4.27. The summed E-state index contributed by atoms with van der Waals surface area (Å²) < 4.78 is 5.12. The van der Waals surface area contributed by atoms with Crippen LogP contribution in [0.2, 0.25) is 0 Å². The van der Waals surface area contributed by atoms with Gasteiger partial charge in [-0.15, -0.1) is 0 Å². The highest BCUT2D eigenvalue weighted by molar-refractivity contribution is 5.69. The Morgan fingerprint density at radius 3 is 2.85 bits per heavy atom. The van der Waals surface area contributed by atoms with Gasteiger partial charge in [0.05, 0.1) is 12.2 Å². The molecule has 1 heterocycles. The maximum Gasteiger partial charge on any atom is 0.306 e. The van der Waals surface area contributed by atoms with Crippen LogP contribution < -0.4 is 0 Å². The molecular formula is C10H18O3. The molecule has 3 heteroatoms. The van der Waals surface area contributed by atoms with E-state index in [2.05, 4.69) is 0 Å². The minimum atomic E-state index is -0.209. The van der Waals surface area contributed by atoms with Gasteiger partial charge in [-0.1, -0.05) is 6.42 Å². The van der Waals surface area contributed by atoms with Crippen LogP contribution >= 0.6 is 0 Å². The molecule has 0 aliphatic carbocycles. The Kier molecular flexibility index (Phi) is 4.22. The Morgan fingerprint density at radius 1 is 1.31 bits per heavy atom. The molecule has 1 saturated heterocycles. The molecule has 0 spiro atoms. The Labute approximate surface area is 79.1 Å². The van der Waals surface area contributed by atoms with Crippen molar-refractivity contribution in [2.75, 3.05) is 0 Å². The van der Waals surface area contributed by atoms with E-state index in [1.165, 1.54) is 0 Å². The van der Waals surface area contributed by atoms with Crippen LogP contribution in [0, 0.1) is 0 Å². The molecule has 0 aromatic heterocycles. The van der Waals surface area contributed by atoms with E-state index in [4.69, 9.17) is 4.74 Å². The van der Waals surface area contributed by atoms with Gasteiger partial charge in [0.1, 0.15) is 0 Å². The summed E-state index contributed by atoms with van der Waals surface area (Å²) in [6, 6.07) is 0. The smallest absolute Gasteiger partial charge is 0.306 e. The summed E-state index contributed by atoms with van der Waals surface area (Å²) in [4.78, 5) is 11.1. The van der Waals surface area contributed by atoms with Gasteiger partial charge in [0, 0.05) is 6.42 Å². The fourth-order valence-electron chi connectivity index (χ4n) is 1.56. The zero-order chi connectivity index (χ0) is 9.68. The molecule has 0 aromatic carbocycles. The van der Waals surface area contributed by atoms with Crippen molar-refractivity contribution < 1.29 is 14.6 Å². The first-order valence-electron chi connectivity index (χ1n) is 5.06. The standard InChI is InChI=1S/C10H18O3/c1-8-6-7-9(11)4-2-3-5-10(12)13-8/h8-9,11H,2-7H2,1H3/t8-,9+/m1/s1. The normalized spacial score (nSPS) is 32.3. The van der Waals surface area contributed by atoms with E-state index in [-0.39, 0.29) is 18.2 Å². The molecule has 0 saturated carbocycles. The van der Waals surface area contributed by atoms with Crippen LogP contribution in [0.3, 0.4) is 0 Å². The van der Waals surface area contributed by atoms with Crippen LogP contribution in [0.25, 0.3) is 0 Å². The maximum absolute atomic E-state index is 11.1. The highest BCUT2D eigenvalue weighted by atomic mass is 16.5. The van der Waals surface area contributed by atoms with Crippen molar-refractivity contribution >= 4 is 5.97 Å². The van der Waals surface area contributed by atoms with Gasteiger partial charge in [0.2, 0.25) is 0 Å². The topological polar surface area (TPSA) is 46.5 Å². The molecule has 76 valence electrons. The van der Waals surface area contributed by atoms with Crippen molar-refractivity contribution in [3.8, 4) is 0 Å². The van der Waals surface area contributed by atoms with Gasteiger partial charge < -0.3 is 9.84 Å². The molecule has 1 aliphatic rings. The lowest BCUT2D eigenvalue weighted by atomic mass is 10.0. The summed E-state index contributed by atoms with van der Waals surface area (Å²) in [5, 5.41) is 9.47. The maximum atomic E-state index is 11.1. The lowest BCUT2D eigenvalue weighted by Crippen LogP contribution is -2.19. The van der Waals surface area contributed by atoms with Crippen molar-refractivity contribution in [1.82, 2.24) is 0 Å². The third-order valence-corrected chi connectivity index (χ3v) is 2.41. The summed E-state index contributed by atoms with van der Waals surface area (Å²) in [6.45, 7) is 1.88. The number of carbonyl (C=O) groups excluding carboxylic acids is 1. The largest absolute Gasteiger partial charge is 0.463 e. The van der Waals surface area contributed by atoms with E-state index < -0.39 is 0 Å². The van der Waals surface area contributed by atoms with Gasteiger partial charge >= 0.3 is 5.97 Å². The number of rotatable bonds is 0. The molecule has 1 aliphatic heterocycles. The lowest BCUT2D eigenvalue weighted by molar-refractivity contribution is -0.149. The number of cyclic esters (lactones) is 1. The summed E-state index contributed by atoms with van der Waals surface area (Å²) in [7, 11) is 0. The van der Waals surface area contributed by atoms with Gasteiger partial charge in [0.15, 0.2) is 0 Å². The average molecular weight is 186 g/mol. The highest BCUT2D eigenvalue weighted by Crippen LogP contribution is 2.14. The molecular weight excluding hydrogens is 168 g/mol. The van der Waals surface area contributed by atoms with Crippen molar-refractivity contribution in [1.29, 1.82) is 0 Å². The van der Waals surface area contributed by atoms with Gasteiger partial charge in [-0.2, -0.15) is 0 Å². The predicted octanol–water partition coefficient (Wildman–Crippen LogP) is 1.63. The first-order chi connectivity index (χ1) is 6.18. The highest BCUT2D eigenvalue weighted by Gasteiger charge is 2.14. The van der Waals surface area contributed by atoms with E-state index in [1.54, 1.807) is 0 Å². The summed E-state index contributed by atoms with van der Waals surface area (Å²) in [6.07, 6.45) is 4.34. The van der Waals surface area contributed by atoms with Crippen molar-refractivity contribution in [2.24, 2.45) is 0 Å². The van der Waals surface area contributed by atoms with E-state index in [1.807, 2.05) is 6.92 Å².